The zero-order valence-corrected chi connectivity index (χ0v) is 27.5. The first kappa shape index (κ1) is 29.6. The number of aliphatic carboxylic acids is 1. The van der Waals surface area contributed by atoms with Gasteiger partial charge < -0.3 is 14.9 Å². The average Bonchev–Trinajstić information content (AvgIpc) is 3.09. The number of carboxylic acids is 1. The predicted octanol–water partition coefficient (Wildman–Crippen LogP) is 8.61. The summed E-state index contributed by atoms with van der Waals surface area (Å²) in [5.74, 6) is 8.42. The molecule has 6 fully saturated rings. The van der Waals surface area contributed by atoms with E-state index in [2.05, 4.69) is 53.4 Å². The van der Waals surface area contributed by atoms with Gasteiger partial charge in [0.2, 0.25) is 0 Å². The maximum atomic E-state index is 12.8. The highest BCUT2D eigenvalue weighted by Gasteiger charge is 2.79. The molecule has 6 aliphatic carbocycles. The van der Waals surface area contributed by atoms with Gasteiger partial charge >= 0.3 is 5.97 Å². The molecule has 0 aromatic heterocycles. The molecule has 0 radical (unpaired) electrons. The van der Waals surface area contributed by atoms with Gasteiger partial charge in [-0.05, 0) is 130 Å². The molecule has 234 valence electrons. The minimum atomic E-state index is -0.951. The third-order valence-corrected chi connectivity index (χ3v) is 17.0. The van der Waals surface area contributed by atoms with Crippen molar-refractivity contribution in [3.05, 3.63) is 0 Å². The standard InChI is InChI=1S/C38H58O4/c1-7-9-27-10-8-13-37-23-21-35-25-42-38(41,26(35)2)15-12-28(35)33(37,5)19-22-36(14-11-27)29-24-32(4,30(39)40)17-16-31(29,3)18-20-34(36,37)6/h26-29,41H,7,9-12,14-25H2,1-6H3,(H,39,40)/t26-,27-,28+,29-,31-,32-,33+,34+,35+,36+,37+,38+/m1/s1. The Morgan fingerprint density at radius 2 is 1.67 bits per heavy atom. The SMILES string of the molecule is CCC[C@@H]1CC#C[C@]23CC[C@@]45CO[C@@](O)(CC[C@H]4[C@]2(C)CC[C@@]2(CC1)[C@@H]1C[C@](C)(C(=O)O)CC[C@]1(C)CC[C@@]23C)[C@@H]5C. The van der Waals surface area contributed by atoms with Gasteiger partial charge in [-0.25, -0.2) is 0 Å². The van der Waals surface area contributed by atoms with Crippen LogP contribution in [0.15, 0.2) is 0 Å². The summed E-state index contributed by atoms with van der Waals surface area (Å²) in [5.41, 5.74) is -0.187. The van der Waals surface area contributed by atoms with E-state index in [1.54, 1.807) is 0 Å². The van der Waals surface area contributed by atoms with Crippen LogP contribution >= 0.6 is 0 Å². The molecular weight excluding hydrogens is 520 g/mol. The minimum absolute atomic E-state index is 0.0457. The molecule has 5 saturated carbocycles. The quantitative estimate of drug-likeness (QED) is 0.329. The topological polar surface area (TPSA) is 66.8 Å². The van der Waals surface area contributed by atoms with E-state index in [4.69, 9.17) is 4.74 Å². The highest BCUT2D eigenvalue weighted by Crippen LogP contribution is 2.84. The fourth-order valence-electron chi connectivity index (χ4n) is 14.1. The Bertz CT molecular complexity index is 1220. The maximum Gasteiger partial charge on any atom is 0.309 e. The second kappa shape index (κ2) is 9.02. The Labute approximate surface area is 255 Å². The van der Waals surface area contributed by atoms with E-state index in [0.717, 1.165) is 51.4 Å². The van der Waals surface area contributed by atoms with Crippen LogP contribution in [0.2, 0.25) is 0 Å². The van der Waals surface area contributed by atoms with Crippen molar-refractivity contribution in [1.29, 1.82) is 0 Å². The maximum absolute atomic E-state index is 12.8. The highest BCUT2D eigenvalue weighted by atomic mass is 16.6. The zero-order valence-electron chi connectivity index (χ0n) is 27.5. The number of carboxylic acid groups (broad SMARTS) is 1. The first-order valence-electron chi connectivity index (χ1n) is 17.8. The number of aliphatic hydroxyl groups is 1. The molecule has 0 aromatic rings. The van der Waals surface area contributed by atoms with E-state index in [1.807, 2.05) is 0 Å². The Hall–Kier alpha value is -1.05. The van der Waals surface area contributed by atoms with Crippen LogP contribution in [0.4, 0.5) is 0 Å². The van der Waals surface area contributed by atoms with Crippen LogP contribution in [0, 0.1) is 73.4 Å². The largest absolute Gasteiger partial charge is 0.481 e. The molecule has 1 saturated heterocycles. The first-order valence-corrected chi connectivity index (χ1v) is 17.8. The Balaban J connectivity index is 1.41. The summed E-state index contributed by atoms with van der Waals surface area (Å²) in [7, 11) is 0. The molecule has 0 aromatic carbocycles. The molecule has 4 heteroatoms. The molecule has 42 heavy (non-hydrogen) atoms. The van der Waals surface area contributed by atoms with Crippen molar-refractivity contribution in [2.45, 2.75) is 150 Å². The fourth-order valence-corrected chi connectivity index (χ4v) is 14.1. The number of hydrogen-bond donors (Lipinski definition) is 2. The van der Waals surface area contributed by atoms with Crippen LogP contribution in [0.3, 0.4) is 0 Å². The first-order chi connectivity index (χ1) is 19.7. The molecule has 7 rings (SSSR count). The van der Waals surface area contributed by atoms with Crippen LogP contribution in [0.25, 0.3) is 0 Å². The van der Waals surface area contributed by atoms with Gasteiger partial charge in [0.05, 0.1) is 12.0 Å². The lowest BCUT2D eigenvalue weighted by Gasteiger charge is -2.78. The van der Waals surface area contributed by atoms with Crippen molar-refractivity contribution in [2.75, 3.05) is 6.61 Å². The summed E-state index contributed by atoms with van der Waals surface area (Å²) in [4.78, 5) is 12.8. The van der Waals surface area contributed by atoms with Crippen molar-refractivity contribution in [3.63, 3.8) is 0 Å². The Morgan fingerprint density at radius 1 is 0.905 bits per heavy atom. The van der Waals surface area contributed by atoms with E-state index in [9.17, 15) is 15.0 Å². The normalized spacial score (nSPS) is 58.0. The average molecular weight is 579 g/mol. The van der Waals surface area contributed by atoms with Gasteiger partial charge in [-0.2, -0.15) is 0 Å². The van der Waals surface area contributed by atoms with Gasteiger partial charge in [0.1, 0.15) is 0 Å². The highest BCUT2D eigenvalue weighted by molar-refractivity contribution is 5.74. The van der Waals surface area contributed by atoms with Crippen molar-refractivity contribution in [3.8, 4) is 11.8 Å². The number of carbonyl (C=O) groups is 1. The van der Waals surface area contributed by atoms with Crippen LogP contribution in [-0.2, 0) is 9.53 Å². The molecule has 2 N–H and O–H groups in total. The molecule has 2 spiro atoms. The van der Waals surface area contributed by atoms with Crippen LogP contribution in [0.5, 0.6) is 0 Å². The van der Waals surface area contributed by atoms with E-state index in [0.29, 0.717) is 24.4 Å². The molecule has 4 bridgehead atoms. The lowest BCUT2D eigenvalue weighted by Crippen LogP contribution is -2.73. The van der Waals surface area contributed by atoms with Crippen molar-refractivity contribution >= 4 is 5.97 Å². The van der Waals surface area contributed by atoms with Crippen LogP contribution in [0.1, 0.15) is 144 Å². The fraction of sp³-hybridized carbons (Fsp3) is 0.921. The molecule has 4 nitrogen and oxygen atoms in total. The summed E-state index contributed by atoms with van der Waals surface area (Å²) in [5, 5.41) is 22.0. The monoisotopic (exact) mass is 578 g/mol. The van der Waals surface area contributed by atoms with E-state index in [-0.39, 0.29) is 38.4 Å². The second-order valence-corrected chi connectivity index (χ2v) is 18.0. The van der Waals surface area contributed by atoms with Gasteiger partial charge in [0, 0.05) is 29.6 Å². The van der Waals surface area contributed by atoms with Gasteiger partial charge in [-0.15, -0.1) is 5.92 Å². The van der Waals surface area contributed by atoms with E-state index in [1.165, 1.54) is 51.4 Å². The van der Waals surface area contributed by atoms with Crippen LogP contribution in [-0.4, -0.2) is 28.6 Å². The molecule has 0 unspecified atom stereocenters. The molecule has 0 amide bonds. The number of ether oxygens (including phenoxy) is 1. The smallest absolute Gasteiger partial charge is 0.309 e. The number of hydrogen-bond acceptors (Lipinski definition) is 3. The number of fused-ring (bicyclic) bond motifs is 3. The molecule has 1 aliphatic heterocycles. The molecule has 12 atom stereocenters. The summed E-state index contributed by atoms with van der Waals surface area (Å²) >= 11 is 0. The lowest BCUT2D eigenvalue weighted by atomic mass is 9.25. The van der Waals surface area contributed by atoms with Crippen molar-refractivity contribution in [2.24, 2.45) is 61.6 Å². The third kappa shape index (κ3) is 3.32. The van der Waals surface area contributed by atoms with Gasteiger partial charge in [-0.3, -0.25) is 4.79 Å². The molecule has 1 heterocycles. The van der Waals surface area contributed by atoms with E-state index >= 15 is 0 Å². The summed E-state index contributed by atoms with van der Waals surface area (Å²) in [6, 6.07) is 0. The summed E-state index contributed by atoms with van der Waals surface area (Å²) in [6.07, 6.45) is 17.5. The summed E-state index contributed by atoms with van der Waals surface area (Å²) < 4.78 is 6.29. The number of rotatable bonds is 3. The molecule has 7 aliphatic rings. The van der Waals surface area contributed by atoms with Gasteiger partial charge in [0.15, 0.2) is 5.79 Å². The minimum Gasteiger partial charge on any atom is -0.481 e. The lowest BCUT2D eigenvalue weighted by molar-refractivity contribution is -0.297. The zero-order chi connectivity index (χ0) is 30.0. The van der Waals surface area contributed by atoms with Crippen LogP contribution < -0.4 is 0 Å². The van der Waals surface area contributed by atoms with Crippen molar-refractivity contribution < 1.29 is 19.7 Å². The molecular formula is C38H58O4. The summed E-state index contributed by atoms with van der Waals surface area (Å²) in [6.45, 7) is 15.2. The van der Waals surface area contributed by atoms with Gasteiger partial charge in [0.25, 0.3) is 0 Å². The second-order valence-electron chi connectivity index (χ2n) is 18.0. The Morgan fingerprint density at radius 3 is 2.40 bits per heavy atom. The predicted molar refractivity (Wildman–Crippen MR) is 165 cm³/mol. The third-order valence-electron chi connectivity index (χ3n) is 17.0. The Kier molecular flexibility index (Phi) is 6.37. The van der Waals surface area contributed by atoms with Gasteiger partial charge in [-0.1, -0.05) is 47.0 Å². The van der Waals surface area contributed by atoms with E-state index < -0.39 is 17.2 Å². The van der Waals surface area contributed by atoms with Crippen molar-refractivity contribution in [1.82, 2.24) is 0 Å².